The van der Waals surface area contributed by atoms with Gasteiger partial charge in [0.2, 0.25) is 0 Å². The molecule has 0 saturated heterocycles. The highest BCUT2D eigenvalue weighted by atomic mass is 35.5. The van der Waals surface area contributed by atoms with E-state index >= 15 is 0 Å². The fraction of sp³-hybridized carbons (Fsp3) is 0.182. The summed E-state index contributed by atoms with van der Waals surface area (Å²) in [7, 11) is 0. The maximum atomic E-state index is 13.5. The van der Waals surface area contributed by atoms with Crippen LogP contribution in [-0.2, 0) is 13.1 Å². The number of nitrogens with one attached hydrogen (secondary N) is 2. The molecule has 0 bridgehead atoms. The molecule has 0 amide bonds. The summed E-state index contributed by atoms with van der Waals surface area (Å²) in [6.45, 7) is 0.992. The molecule has 1 heterocycles. The zero-order valence-electron chi connectivity index (χ0n) is 8.50. The van der Waals surface area contributed by atoms with Crippen molar-refractivity contribution in [2.24, 2.45) is 0 Å². The molecular weight excluding hydrogens is 229 g/mol. The lowest BCUT2D eigenvalue weighted by atomic mass is 10.2. The van der Waals surface area contributed by atoms with Crippen molar-refractivity contribution in [2.75, 3.05) is 0 Å². The summed E-state index contributed by atoms with van der Waals surface area (Å²) in [5.74, 6) is 0.457. The summed E-state index contributed by atoms with van der Waals surface area (Å²) in [6.07, 6.45) is 3.42. The lowest BCUT2D eigenvalue weighted by Crippen LogP contribution is -2.14. The van der Waals surface area contributed by atoms with Crippen molar-refractivity contribution in [3.8, 4) is 0 Å². The molecule has 0 aliphatic heterocycles. The van der Waals surface area contributed by atoms with Crippen molar-refractivity contribution in [1.29, 1.82) is 0 Å². The second-order valence-electron chi connectivity index (χ2n) is 3.35. The van der Waals surface area contributed by atoms with Gasteiger partial charge in [0.05, 0.1) is 11.6 Å². The molecule has 0 aliphatic carbocycles. The van der Waals surface area contributed by atoms with Crippen LogP contribution in [0, 0.1) is 5.82 Å². The van der Waals surface area contributed by atoms with Gasteiger partial charge in [0.1, 0.15) is 11.6 Å². The lowest BCUT2D eigenvalue weighted by Gasteiger charge is -2.05. The number of hydrogen-bond acceptors (Lipinski definition) is 2. The molecule has 2 aromatic rings. The molecule has 2 N–H and O–H groups in total. The Hall–Kier alpha value is -1.39. The number of H-pyrrole nitrogens is 1. The second-order valence-corrected chi connectivity index (χ2v) is 3.76. The van der Waals surface area contributed by atoms with E-state index in [0.717, 1.165) is 5.82 Å². The summed E-state index contributed by atoms with van der Waals surface area (Å²) in [6, 6.07) is 4.97. The van der Waals surface area contributed by atoms with Crippen LogP contribution in [0.25, 0.3) is 0 Å². The van der Waals surface area contributed by atoms with E-state index in [0.29, 0.717) is 18.7 Å². The maximum absolute atomic E-state index is 13.5. The van der Waals surface area contributed by atoms with Crippen LogP contribution in [0.4, 0.5) is 4.39 Å². The molecule has 1 aromatic carbocycles. The van der Waals surface area contributed by atoms with Gasteiger partial charge in [-0.2, -0.15) is 0 Å². The van der Waals surface area contributed by atoms with Crippen molar-refractivity contribution in [3.63, 3.8) is 0 Å². The number of aromatic nitrogens is 2. The van der Waals surface area contributed by atoms with E-state index in [9.17, 15) is 4.39 Å². The summed E-state index contributed by atoms with van der Waals surface area (Å²) in [5.41, 5.74) is 0.555. The van der Waals surface area contributed by atoms with Crippen molar-refractivity contribution in [1.82, 2.24) is 15.3 Å². The molecule has 16 heavy (non-hydrogen) atoms. The molecular formula is C11H11ClFN3. The molecule has 2 rings (SSSR count). The van der Waals surface area contributed by atoms with Crippen LogP contribution in [0.5, 0.6) is 0 Å². The molecule has 3 nitrogen and oxygen atoms in total. The van der Waals surface area contributed by atoms with Gasteiger partial charge in [-0.1, -0.05) is 23.7 Å². The number of benzene rings is 1. The minimum Gasteiger partial charge on any atom is -0.348 e. The lowest BCUT2D eigenvalue weighted by molar-refractivity contribution is 0.584. The molecule has 0 aliphatic rings. The Bertz CT molecular complexity index is 456. The van der Waals surface area contributed by atoms with Gasteiger partial charge in [0.15, 0.2) is 0 Å². The third kappa shape index (κ3) is 2.59. The van der Waals surface area contributed by atoms with Crippen molar-refractivity contribution >= 4 is 11.6 Å². The molecule has 1 aromatic heterocycles. The molecule has 84 valence electrons. The number of aromatic amines is 1. The fourth-order valence-electron chi connectivity index (χ4n) is 1.40. The molecule has 5 heteroatoms. The van der Waals surface area contributed by atoms with E-state index in [1.54, 1.807) is 24.5 Å². The van der Waals surface area contributed by atoms with Gasteiger partial charge in [-0.15, -0.1) is 0 Å². The van der Waals surface area contributed by atoms with Crippen LogP contribution in [0.3, 0.4) is 0 Å². The topological polar surface area (TPSA) is 40.7 Å². The zero-order chi connectivity index (χ0) is 11.4. The largest absolute Gasteiger partial charge is 0.348 e. The van der Waals surface area contributed by atoms with Crippen molar-refractivity contribution in [3.05, 3.63) is 52.8 Å². The first-order valence-corrected chi connectivity index (χ1v) is 5.27. The van der Waals surface area contributed by atoms with E-state index in [4.69, 9.17) is 11.6 Å². The number of hydrogen-bond donors (Lipinski definition) is 2. The van der Waals surface area contributed by atoms with E-state index in [-0.39, 0.29) is 10.8 Å². The molecule has 0 atom stereocenters. The first-order valence-electron chi connectivity index (χ1n) is 4.89. The minimum absolute atomic E-state index is 0.150. The van der Waals surface area contributed by atoms with E-state index in [2.05, 4.69) is 15.3 Å². The number of nitrogens with zero attached hydrogens (tertiary/aromatic N) is 1. The quantitative estimate of drug-likeness (QED) is 0.861. The Balaban J connectivity index is 1.92. The standard InChI is InChI=1S/C11H11ClFN3/c12-9-3-1-2-8(11(9)13)6-14-7-10-15-4-5-16-10/h1-5,14H,6-7H2,(H,15,16). The highest BCUT2D eigenvalue weighted by molar-refractivity contribution is 6.30. The first-order chi connectivity index (χ1) is 7.77. The second kappa shape index (κ2) is 5.09. The van der Waals surface area contributed by atoms with E-state index in [1.807, 2.05) is 0 Å². The van der Waals surface area contributed by atoms with E-state index < -0.39 is 0 Å². The highest BCUT2D eigenvalue weighted by Crippen LogP contribution is 2.17. The Labute approximate surface area is 97.7 Å². The summed E-state index contributed by atoms with van der Waals surface area (Å²) in [5, 5.41) is 3.23. The molecule has 0 fully saturated rings. The van der Waals surface area contributed by atoms with Gasteiger partial charge < -0.3 is 10.3 Å². The van der Waals surface area contributed by atoms with Crippen LogP contribution in [0.15, 0.2) is 30.6 Å². The predicted octanol–water partition coefficient (Wildman–Crippen LogP) is 2.49. The first kappa shape index (κ1) is 11.1. The Kier molecular flexibility index (Phi) is 3.54. The van der Waals surface area contributed by atoms with Crippen LogP contribution >= 0.6 is 11.6 Å². The number of halogens is 2. The van der Waals surface area contributed by atoms with Crippen molar-refractivity contribution < 1.29 is 4.39 Å². The Morgan fingerprint density at radius 3 is 3.00 bits per heavy atom. The molecule has 0 unspecified atom stereocenters. The number of imidazole rings is 1. The monoisotopic (exact) mass is 239 g/mol. The average molecular weight is 240 g/mol. The SMILES string of the molecule is Fc1c(Cl)cccc1CNCc1ncc[nH]1. The van der Waals surface area contributed by atoms with Crippen LogP contribution in [0.2, 0.25) is 5.02 Å². The zero-order valence-corrected chi connectivity index (χ0v) is 9.26. The Morgan fingerprint density at radius 2 is 2.25 bits per heavy atom. The van der Waals surface area contributed by atoms with Crippen LogP contribution in [-0.4, -0.2) is 9.97 Å². The maximum Gasteiger partial charge on any atom is 0.146 e. The van der Waals surface area contributed by atoms with Gasteiger partial charge in [0, 0.05) is 24.5 Å². The van der Waals surface area contributed by atoms with Crippen LogP contribution in [0.1, 0.15) is 11.4 Å². The highest BCUT2D eigenvalue weighted by Gasteiger charge is 2.05. The fourth-order valence-corrected chi connectivity index (χ4v) is 1.59. The summed E-state index contributed by atoms with van der Waals surface area (Å²) < 4.78 is 13.5. The smallest absolute Gasteiger partial charge is 0.146 e. The predicted molar refractivity (Wildman–Crippen MR) is 60.5 cm³/mol. The molecule has 0 radical (unpaired) electrons. The molecule has 0 spiro atoms. The van der Waals surface area contributed by atoms with E-state index in [1.165, 1.54) is 6.07 Å². The summed E-state index contributed by atoms with van der Waals surface area (Å²) in [4.78, 5) is 7.01. The van der Waals surface area contributed by atoms with Gasteiger partial charge in [-0.3, -0.25) is 0 Å². The summed E-state index contributed by atoms with van der Waals surface area (Å²) >= 11 is 5.67. The van der Waals surface area contributed by atoms with Gasteiger partial charge in [0.25, 0.3) is 0 Å². The van der Waals surface area contributed by atoms with Gasteiger partial charge in [-0.05, 0) is 6.07 Å². The average Bonchev–Trinajstić information content (AvgIpc) is 2.77. The molecule has 0 saturated carbocycles. The van der Waals surface area contributed by atoms with Crippen molar-refractivity contribution in [2.45, 2.75) is 13.1 Å². The third-order valence-corrected chi connectivity index (χ3v) is 2.49. The normalized spacial score (nSPS) is 10.6. The Morgan fingerprint density at radius 1 is 1.38 bits per heavy atom. The van der Waals surface area contributed by atoms with Gasteiger partial charge in [-0.25, -0.2) is 9.37 Å². The number of rotatable bonds is 4. The third-order valence-electron chi connectivity index (χ3n) is 2.19. The van der Waals surface area contributed by atoms with Gasteiger partial charge >= 0.3 is 0 Å². The minimum atomic E-state index is -0.365. The van der Waals surface area contributed by atoms with Crippen LogP contribution < -0.4 is 5.32 Å².